The van der Waals surface area contributed by atoms with Crippen LogP contribution in [0.3, 0.4) is 0 Å². The first-order chi connectivity index (χ1) is 7.52. The summed E-state index contributed by atoms with van der Waals surface area (Å²) in [6.45, 7) is 7.55. The Morgan fingerprint density at radius 1 is 1.44 bits per heavy atom. The summed E-state index contributed by atoms with van der Waals surface area (Å²) in [5.74, 6) is 0. The van der Waals surface area contributed by atoms with E-state index in [1.54, 1.807) is 0 Å². The Morgan fingerprint density at radius 3 is 2.50 bits per heavy atom. The van der Waals surface area contributed by atoms with Crippen LogP contribution in [0.15, 0.2) is 17.5 Å². The van der Waals surface area contributed by atoms with Gasteiger partial charge in [-0.3, -0.25) is 4.90 Å². The van der Waals surface area contributed by atoms with Crippen molar-refractivity contribution in [2.24, 2.45) is 5.73 Å². The van der Waals surface area contributed by atoms with Crippen molar-refractivity contribution in [1.82, 2.24) is 4.90 Å². The lowest BCUT2D eigenvalue weighted by Crippen LogP contribution is -2.48. The van der Waals surface area contributed by atoms with Crippen LogP contribution in [0.25, 0.3) is 0 Å². The van der Waals surface area contributed by atoms with Gasteiger partial charge in [-0.25, -0.2) is 0 Å². The van der Waals surface area contributed by atoms with Crippen LogP contribution < -0.4 is 5.73 Å². The molecule has 0 aliphatic heterocycles. The Morgan fingerprint density at radius 2 is 2.06 bits per heavy atom. The molecule has 1 heterocycles. The third-order valence-corrected chi connectivity index (χ3v) is 4.63. The maximum atomic E-state index is 6.35. The van der Waals surface area contributed by atoms with Crippen molar-refractivity contribution >= 4 is 11.3 Å². The molecular weight excluding hydrogens is 216 g/mol. The van der Waals surface area contributed by atoms with Crippen molar-refractivity contribution in [1.29, 1.82) is 0 Å². The van der Waals surface area contributed by atoms with E-state index in [1.807, 2.05) is 11.3 Å². The van der Waals surface area contributed by atoms with Crippen LogP contribution in [0, 0.1) is 0 Å². The van der Waals surface area contributed by atoms with E-state index < -0.39 is 0 Å². The quantitative estimate of drug-likeness (QED) is 0.827. The van der Waals surface area contributed by atoms with Crippen molar-refractivity contribution in [3.8, 4) is 0 Å². The molecule has 0 aromatic carbocycles. The molecule has 0 radical (unpaired) electrons. The van der Waals surface area contributed by atoms with E-state index in [0.717, 1.165) is 19.4 Å². The number of rotatable bonds is 6. The first kappa shape index (κ1) is 13.7. The lowest BCUT2D eigenvalue weighted by molar-refractivity contribution is 0.192. The average molecular weight is 240 g/mol. The number of hydrogen-bond acceptors (Lipinski definition) is 3. The second-order valence-corrected chi connectivity index (χ2v) is 5.66. The number of nitrogens with two attached hydrogens (primary N) is 1. The number of thiophene rings is 1. The zero-order chi connectivity index (χ0) is 12.2. The highest BCUT2D eigenvalue weighted by molar-refractivity contribution is 7.10. The summed E-state index contributed by atoms with van der Waals surface area (Å²) < 4.78 is 0. The van der Waals surface area contributed by atoms with Gasteiger partial charge in [-0.05, 0) is 38.3 Å². The predicted octanol–water partition coefficient (Wildman–Crippen LogP) is 3.26. The Bertz CT molecular complexity index is 291. The normalized spacial score (nSPS) is 14.4. The van der Waals surface area contributed by atoms with E-state index in [0.29, 0.717) is 6.04 Å². The van der Waals surface area contributed by atoms with E-state index >= 15 is 0 Å². The molecule has 0 saturated carbocycles. The Labute approximate surface area is 103 Å². The van der Waals surface area contributed by atoms with Gasteiger partial charge in [0.25, 0.3) is 0 Å². The van der Waals surface area contributed by atoms with Crippen LogP contribution in [0.1, 0.15) is 44.5 Å². The molecule has 0 saturated heterocycles. The maximum absolute atomic E-state index is 6.35. The van der Waals surface area contributed by atoms with E-state index in [-0.39, 0.29) is 5.54 Å². The first-order valence-corrected chi connectivity index (χ1v) is 6.93. The third-order valence-electron chi connectivity index (χ3n) is 3.59. The highest BCUT2D eigenvalue weighted by Gasteiger charge is 2.25. The molecule has 16 heavy (non-hydrogen) atoms. The Kier molecular flexibility index (Phi) is 4.96. The monoisotopic (exact) mass is 240 g/mol. The van der Waals surface area contributed by atoms with Gasteiger partial charge in [-0.15, -0.1) is 11.3 Å². The predicted molar refractivity (Wildman–Crippen MR) is 72.9 cm³/mol. The first-order valence-electron chi connectivity index (χ1n) is 6.05. The topological polar surface area (TPSA) is 29.3 Å². The maximum Gasteiger partial charge on any atom is 0.0411 e. The molecule has 0 aliphatic carbocycles. The minimum atomic E-state index is -0.0414. The highest BCUT2D eigenvalue weighted by atomic mass is 32.1. The molecule has 0 spiro atoms. The zero-order valence-corrected chi connectivity index (χ0v) is 11.7. The minimum absolute atomic E-state index is 0.0414. The third kappa shape index (κ3) is 3.30. The molecule has 1 aromatic heterocycles. The van der Waals surface area contributed by atoms with Gasteiger partial charge in [-0.1, -0.05) is 19.9 Å². The van der Waals surface area contributed by atoms with Crippen molar-refractivity contribution in [3.63, 3.8) is 0 Å². The van der Waals surface area contributed by atoms with Gasteiger partial charge >= 0.3 is 0 Å². The van der Waals surface area contributed by atoms with Gasteiger partial charge in [0.2, 0.25) is 0 Å². The van der Waals surface area contributed by atoms with Gasteiger partial charge < -0.3 is 5.73 Å². The lowest BCUT2D eigenvalue weighted by atomic mass is 9.93. The summed E-state index contributed by atoms with van der Waals surface area (Å²) in [6, 6.07) is 4.77. The second-order valence-electron chi connectivity index (χ2n) is 4.68. The molecule has 3 heteroatoms. The highest BCUT2D eigenvalue weighted by Crippen LogP contribution is 2.25. The molecule has 2 nitrogen and oxygen atoms in total. The van der Waals surface area contributed by atoms with E-state index in [1.165, 1.54) is 4.88 Å². The summed E-state index contributed by atoms with van der Waals surface area (Å²) in [6.07, 6.45) is 2.07. The minimum Gasteiger partial charge on any atom is -0.324 e. The van der Waals surface area contributed by atoms with Crippen LogP contribution in [0.2, 0.25) is 0 Å². The molecule has 1 unspecified atom stereocenters. The van der Waals surface area contributed by atoms with Gasteiger partial charge in [-0.2, -0.15) is 0 Å². The van der Waals surface area contributed by atoms with Gasteiger partial charge in [0.1, 0.15) is 0 Å². The summed E-state index contributed by atoms with van der Waals surface area (Å²) in [5.41, 5.74) is 6.31. The molecule has 2 N–H and O–H groups in total. The molecule has 92 valence electrons. The summed E-state index contributed by atoms with van der Waals surface area (Å²) in [4.78, 5) is 3.77. The van der Waals surface area contributed by atoms with Crippen LogP contribution in [-0.4, -0.2) is 24.0 Å². The van der Waals surface area contributed by atoms with Gasteiger partial charge in [0.05, 0.1) is 0 Å². The van der Waals surface area contributed by atoms with E-state index in [2.05, 4.69) is 50.2 Å². The molecule has 1 atom stereocenters. The average Bonchev–Trinajstić information content (AvgIpc) is 2.81. The molecule has 1 rings (SSSR count). The van der Waals surface area contributed by atoms with Crippen molar-refractivity contribution in [2.45, 2.75) is 45.2 Å². The molecule has 1 aromatic rings. The zero-order valence-electron chi connectivity index (χ0n) is 10.9. The number of likely N-dealkylation sites (N-methyl/N-ethyl adjacent to an activating group) is 1. The molecule has 0 aliphatic rings. The largest absolute Gasteiger partial charge is 0.324 e. The fraction of sp³-hybridized carbons (Fsp3) is 0.692. The lowest BCUT2D eigenvalue weighted by Gasteiger charge is -2.34. The molecule has 0 amide bonds. The van der Waals surface area contributed by atoms with Crippen molar-refractivity contribution < 1.29 is 0 Å². The fourth-order valence-corrected chi connectivity index (χ4v) is 2.70. The van der Waals surface area contributed by atoms with Crippen LogP contribution in [0.4, 0.5) is 0 Å². The molecule has 0 fully saturated rings. The van der Waals surface area contributed by atoms with Gasteiger partial charge in [0.15, 0.2) is 0 Å². The van der Waals surface area contributed by atoms with Crippen LogP contribution >= 0.6 is 11.3 Å². The van der Waals surface area contributed by atoms with Gasteiger partial charge in [0, 0.05) is 23.0 Å². The van der Waals surface area contributed by atoms with E-state index in [9.17, 15) is 0 Å². The van der Waals surface area contributed by atoms with Crippen molar-refractivity contribution in [2.75, 3.05) is 13.6 Å². The molecule has 0 bridgehead atoms. The SMILES string of the molecule is CCC(N)(CC)CN(C)C(C)c1cccs1. The van der Waals surface area contributed by atoms with Crippen LogP contribution in [0.5, 0.6) is 0 Å². The second kappa shape index (κ2) is 5.80. The van der Waals surface area contributed by atoms with E-state index in [4.69, 9.17) is 5.73 Å². The smallest absolute Gasteiger partial charge is 0.0411 e. The van der Waals surface area contributed by atoms with Crippen molar-refractivity contribution in [3.05, 3.63) is 22.4 Å². The summed E-state index contributed by atoms with van der Waals surface area (Å²) in [7, 11) is 2.16. The fourth-order valence-electron chi connectivity index (χ4n) is 1.85. The summed E-state index contributed by atoms with van der Waals surface area (Å²) >= 11 is 1.82. The Hall–Kier alpha value is -0.380. The summed E-state index contributed by atoms with van der Waals surface area (Å²) in [5, 5.41) is 2.13. The Balaban J connectivity index is 2.61. The van der Waals surface area contributed by atoms with Crippen LogP contribution in [-0.2, 0) is 0 Å². The standard InChI is InChI=1S/C13H24N2S/c1-5-13(14,6-2)10-15(4)11(3)12-8-7-9-16-12/h7-9,11H,5-6,10,14H2,1-4H3. The number of hydrogen-bond donors (Lipinski definition) is 1. The number of nitrogens with zero attached hydrogens (tertiary/aromatic N) is 1. The molecular formula is C13H24N2S.